The number of fused-ring (bicyclic) bond motifs is 3. The number of hydrogen-bond donors (Lipinski definition) is 1. The van der Waals surface area contributed by atoms with Gasteiger partial charge >= 0.3 is 0 Å². The van der Waals surface area contributed by atoms with Crippen molar-refractivity contribution >= 4 is 28.0 Å². The molecule has 0 bridgehead atoms. The molecule has 2 aromatic heterocycles. The van der Waals surface area contributed by atoms with Crippen molar-refractivity contribution in [3.05, 3.63) is 76.8 Å². The van der Waals surface area contributed by atoms with Crippen LogP contribution in [0.2, 0.25) is 0 Å². The van der Waals surface area contributed by atoms with Crippen LogP contribution in [0.15, 0.2) is 70.1 Å². The molecule has 1 amide bonds. The van der Waals surface area contributed by atoms with Gasteiger partial charge in [-0.2, -0.15) is 0 Å². The van der Waals surface area contributed by atoms with Crippen LogP contribution in [-0.4, -0.2) is 22.0 Å². The van der Waals surface area contributed by atoms with E-state index in [0.717, 1.165) is 10.9 Å². The maximum absolute atomic E-state index is 12.7. The number of carbonyl (C=O) groups is 1. The summed E-state index contributed by atoms with van der Waals surface area (Å²) in [5, 5.41) is 3.70. The van der Waals surface area contributed by atoms with Gasteiger partial charge in [0.15, 0.2) is 0 Å². The fourth-order valence-electron chi connectivity index (χ4n) is 3.25. The molecule has 1 N–H and O–H groups in total. The Balaban J connectivity index is 1.52. The molecule has 0 saturated carbocycles. The van der Waals surface area contributed by atoms with Gasteiger partial charge in [-0.3, -0.25) is 14.2 Å². The molecule has 2 aromatic carbocycles. The third-order valence-electron chi connectivity index (χ3n) is 4.95. The number of aromatic nitrogens is 2. The summed E-state index contributed by atoms with van der Waals surface area (Å²) < 4.78 is 6.92. The van der Waals surface area contributed by atoms with Crippen molar-refractivity contribution in [3.8, 4) is 0 Å². The summed E-state index contributed by atoms with van der Waals surface area (Å²) in [5.74, 6) is -0.247. The summed E-state index contributed by atoms with van der Waals surface area (Å²) in [6, 6.07) is 17.4. The summed E-state index contributed by atoms with van der Waals surface area (Å²) in [4.78, 5) is 29.5. The lowest BCUT2D eigenvalue weighted by molar-refractivity contribution is -0.121. The second kappa shape index (κ2) is 6.96. The summed E-state index contributed by atoms with van der Waals surface area (Å²) in [5.41, 5.74) is 1.84. The predicted octanol–water partition coefficient (Wildman–Crippen LogP) is 3.24. The van der Waals surface area contributed by atoms with Crippen LogP contribution < -0.4 is 10.9 Å². The molecule has 6 nitrogen and oxygen atoms in total. The molecule has 4 aromatic rings. The van der Waals surface area contributed by atoms with E-state index in [9.17, 15) is 9.59 Å². The molecule has 0 spiro atoms. The van der Waals surface area contributed by atoms with E-state index in [-0.39, 0.29) is 29.0 Å². The number of carbonyl (C=O) groups excluding carboxylic acids is 1. The minimum Gasteiger partial charge on any atom is -0.448 e. The first-order chi connectivity index (χ1) is 13.5. The number of para-hydroxylation sites is 1. The molecule has 0 aliphatic heterocycles. The largest absolute Gasteiger partial charge is 0.448 e. The number of amides is 1. The molecule has 0 saturated heterocycles. The normalized spacial score (nSPS) is 11.8. The third-order valence-corrected chi connectivity index (χ3v) is 4.95. The van der Waals surface area contributed by atoms with E-state index in [1.807, 2.05) is 48.5 Å². The minimum absolute atomic E-state index is 0.107. The number of nitrogens with zero attached hydrogens (tertiary/aromatic N) is 2. The molecule has 6 heteroatoms. The van der Waals surface area contributed by atoms with Gasteiger partial charge in [0, 0.05) is 17.3 Å². The molecule has 28 heavy (non-hydrogen) atoms. The second-order valence-electron chi connectivity index (χ2n) is 7.48. The van der Waals surface area contributed by atoms with E-state index >= 15 is 0 Å². The van der Waals surface area contributed by atoms with Gasteiger partial charge in [0.25, 0.3) is 5.56 Å². The molecular weight excluding hydrogens is 354 g/mol. The lowest BCUT2D eigenvalue weighted by Gasteiger charge is -2.25. The fraction of sp³-hybridized carbons (Fsp3) is 0.227. The van der Waals surface area contributed by atoms with Crippen molar-refractivity contribution in [2.24, 2.45) is 0 Å². The average molecular weight is 375 g/mol. The molecule has 0 aliphatic rings. The first-order valence-electron chi connectivity index (χ1n) is 9.15. The SMILES string of the molecule is CC(C)(CNC(=O)Cn1cnc2c(oc3ccccc32)c1=O)c1ccccc1. The molecule has 142 valence electrons. The lowest BCUT2D eigenvalue weighted by Crippen LogP contribution is -2.39. The van der Waals surface area contributed by atoms with E-state index in [0.29, 0.717) is 17.6 Å². The van der Waals surface area contributed by atoms with Gasteiger partial charge in [-0.25, -0.2) is 4.98 Å². The summed E-state index contributed by atoms with van der Waals surface area (Å²) in [7, 11) is 0. The van der Waals surface area contributed by atoms with Crippen molar-refractivity contribution in [3.63, 3.8) is 0 Å². The highest BCUT2D eigenvalue weighted by Crippen LogP contribution is 2.24. The van der Waals surface area contributed by atoms with Crippen LogP contribution in [-0.2, 0) is 16.8 Å². The van der Waals surface area contributed by atoms with E-state index in [1.165, 1.54) is 10.9 Å². The molecule has 0 atom stereocenters. The number of hydrogen-bond acceptors (Lipinski definition) is 4. The van der Waals surface area contributed by atoms with Gasteiger partial charge in [0.1, 0.15) is 17.6 Å². The van der Waals surface area contributed by atoms with Crippen molar-refractivity contribution < 1.29 is 9.21 Å². The van der Waals surface area contributed by atoms with Gasteiger partial charge in [-0.1, -0.05) is 56.3 Å². The van der Waals surface area contributed by atoms with Gasteiger partial charge in [0.05, 0.1) is 6.33 Å². The van der Waals surface area contributed by atoms with Gasteiger partial charge in [-0.05, 0) is 17.7 Å². The molecule has 0 fully saturated rings. The Labute approximate surface area is 161 Å². The van der Waals surface area contributed by atoms with E-state index < -0.39 is 0 Å². The van der Waals surface area contributed by atoms with Gasteiger partial charge in [0.2, 0.25) is 11.5 Å². The van der Waals surface area contributed by atoms with Gasteiger partial charge in [-0.15, -0.1) is 0 Å². The highest BCUT2D eigenvalue weighted by Gasteiger charge is 2.21. The Morgan fingerprint density at radius 1 is 1.11 bits per heavy atom. The molecular formula is C22H21N3O3. The van der Waals surface area contributed by atoms with E-state index in [1.54, 1.807) is 6.07 Å². The lowest BCUT2D eigenvalue weighted by atomic mass is 9.84. The second-order valence-corrected chi connectivity index (χ2v) is 7.48. The van der Waals surface area contributed by atoms with Crippen LogP contribution in [0.4, 0.5) is 0 Å². The zero-order valence-electron chi connectivity index (χ0n) is 15.8. The minimum atomic E-state index is -0.362. The molecule has 0 radical (unpaired) electrons. The molecule has 0 unspecified atom stereocenters. The molecule has 0 aliphatic carbocycles. The topological polar surface area (TPSA) is 77.1 Å². The standard InChI is InChI=1S/C22H21N3O3/c1-22(2,15-8-4-3-5-9-15)13-23-18(26)12-25-14-24-19-16-10-6-7-11-17(16)28-20(19)21(25)27/h3-11,14H,12-13H2,1-2H3,(H,23,26). The van der Waals surface area contributed by atoms with Crippen LogP contribution in [0.5, 0.6) is 0 Å². The van der Waals surface area contributed by atoms with Gasteiger partial charge < -0.3 is 9.73 Å². The maximum atomic E-state index is 12.7. The first-order valence-corrected chi connectivity index (χ1v) is 9.15. The summed E-state index contributed by atoms with van der Waals surface area (Å²) in [6.07, 6.45) is 1.40. The Bertz CT molecular complexity index is 1210. The highest BCUT2D eigenvalue weighted by atomic mass is 16.3. The Morgan fingerprint density at radius 2 is 1.82 bits per heavy atom. The fourth-order valence-corrected chi connectivity index (χ4v) is 3.25. The summed E-state index contributed by atoms with van der Waals surface area (Å²) in [6.45, 7) is 4.49. The van der Waals surface area contributed by atoms with E-state index in [2.05, 4.69) is 24.1 Å². The van der Waals surface area contributed by atoms with Crippen LogP contribution in [0, 0.1) is 0 Å². The maximum Gasteiger partial charge on any atom is 0.297 e. The first kappa shape index (κ1) is 18.0. The predicted molar refractivity (Wildman–Crippen MR) is 108 cm³/mol. The molecule has 2 heterocycles. The van der Waals surface area contributed by atoms with Crippen LogP contribution >= 0.6 is 0 Å². The highest BCUT2D eigenvalue weighted by molar-refractivity contribution is 6.01. The van der Waals surface area contributed by atoms with E-state index in [4.69, 9.17) is 4.42 Å². The average Bonchev–Trinajstić information content (AvgIpc) is 3.09. The Morgan fingerprint density at radius 3 is 2.61 bits per heavy atom. The number of rotatable bonds is 5. The van der Waals surface area contributed by atoms with Crippen LogP contribution in [0.1, 0.15) is 19.4 Å². The number of nitrogens with one attached hydrogen (secondary N) is 1. The van der Waals surface area contributed by atoms with Crippen molar-refractivity contribution in [2.75, 3.05) is 6.54 Å². The zero-order chi connectivity index (χ0) is 19.7. The quantitative estimate of drug-likeness (QED) is 0.581. The van der Waals surface area contributed by atoms with Crippen LogP contribution in [0.3, 0.4) is 0 Å². The Hall–Kier alpha value is -3.41. The monoisotopic (exact) mass is 375 g/mol. The van der Waals surface area contributed by atoms with Crippen molar-refractivity contribution in [1.29, 1.82) is 0 Å². The summed E-state index contributed by atoms with van der Waals surface area (Å²) >= 11 is 0. The Kier molecular flexibility index (Phi) is 4.47. The third kappa shape index (κ3) is 3.29. The smallest absolute Gasteiger partial charge is 0.297 e. The molecule has 4 rings (SSSR count). The zero-order valence-corrected chi connectivity index (χ0v) is 15.8. The number of furan rings is 1. The number of benzene rings is 2. The van der Waals surface area contributed by atoms with Crippen molar-refractivity contribution in [2.45, 2.75) is 25.8 Å². The van der Waals surface area contributed by atoms with Crippen LogP contribution in [0.25, 0.3) is 22.1 Å². The van der Waals surface area contributed by atoms with Crippen molar-refractivity contribution in [1.82, 2.24) is 14.9 Å².